The van der Waals surface area contributed by atoms with Crippen LogP contribution in [0.2, 0.25) is 10.0 Å². The molecule has 1 aliphatic heterocycles. The van der Waals surface area contributed by atoms with Crippen molar-refractivity contribution < 1.29 is 9.64 Å². The van der Waals surface area contributed by atoms with Crippen molar-refractivity contribution in [3.8, 4) is 5.75 Å². The molecule has 0 radical (unpaired) electrons. The monoisotopic (exact) mass is 302 g/mol. The molecule has 0 amide bonds. The number of nitrogens with one attached hydrogen (secondary N) is 1. The van der Waals surface area contributed by atoms with Gasteiger partial charge in [0.2, 0.25) is 0 Å². The molecule has 1 N–H and O–H groups in total. The summed E-state index contributed by atoms with van der Waals surface area (Å²) in [6, 6.07) is 3.78. The Hall–Kier alpha value is -0.440. The quantitative estimate of drug-likeness (QED) is 0.825. The number of ether oxygens (including phenoxy) is 1. The van der Waals surface area contributed by atoms with E-state index in [9.17, 15) is 0 Å². The molecule has 1 aliphatic rings. The molecule has 2 rings (SSSR count). The molecule has 1 saturated heterocycles. The smallest absolute Gasteiger partial charge is 0.156 e. The zero-order valence-electron chi connectivity index (χ0n) is 11.5. The highest BCUT2D eigenvalue weighted by molar-refractivity contribution is 6.37. The highest BCUT2D eigenvalue weighted by Crippen LogP contribution is 2.33. The van der Waals surface area contributed by atoms with Crippen LogP contribution in [0.1, 0.15) is 31.2 Å². The van der Waals surface area contributed by atoms with Crippen molar-refractivity contribution in [1.82, 2.24) is 0 Å². The Morgan fingerprint density at radius 1 is 1.11 bits per heavy atom. The third kappa shape index (κ3) is 4.55. The van der Waals surface area contributed by atoms with E-state index >= 15 is 0 Å². The van der Waals surface area contributed by atoms with Gasteiger partial charge in [-0.05, 0) is 43.9 Å². The zero-order valence-corrected chi connectivity index (χ0v) is 13.0. The molecular formula is C15H22Cl2NO+. The van der Waals surface area contributed by atoms with Crippen molar-refractivity contribution in [2.24, 2.45) is 0 Å². The average Bonchev–Trinajstić information content (AvgIpc) is 2.38. The van der Waals surface area contributed by atoms with Crippen LogP contribution in [0.4, 0.5) is 0 Å². The average molecular weight is 303 g/mol. The van der Waals surface area contributed by atoms with Gasteiger partial charge in [0.05, 0.1) is 36.3 Å². The van der Waals surface area contributed by atoms with E-state index in [2.05, 4.69) is 0 Å². The minimum atomic E-state index is 0.607. The summed E-state index contributed by atoms with van der Waals surface area (Å²) in [5, 5.41) is 1.21. The number of hydrogen-bond donors (Lipinski definition) is 1. The Labute approximate surface area is 125 Å². The third-order valence-corrected chi connectivity index (χ3v) is 4.19. The highest BCUT2D eigenvalue weighted by Gasteiger charge is 2.13. The first kappa shape index (κ1) is 15.0. The molecule has 1 fully saturated rings. The molecule has 106 valence electrons. The van der Waals surface area contributed by atoms with Crippen molar-refractivity contribution in [3.63, 3.8) is 0 Å². The van der Waals surface area contributed by atoms with Crippen LogP contribution in [-0.4, -0.2) is 26.2 Å². The summed E-state index contributed by atoms with van der Waals surface area (Å²) in [6.07, 6.45) is 5.18. The summed E-state index contributed by atoms with van der Waals surface area (Å²) in [4.78, 5) is 1.70. The maximum Gasteiger partial charge on any atom is 0.156 e. The molecule has 0 aliphatic carbocycles. The van der Waals surface area contributed by atoms with E-state index < -0.39 is 0 Å². The van der Waals surface area contributed by atoms with Gasteiger partial charge in [0.1, 0.15) is 0 Å². The van der Waals surface area contributed by atoms with Crippen LogP contribution in [-0.2, 0) is 0 Å². The summed E-state index contributed by atoms with van der Waals surface area (Å²) in [7, 11) is 0. The normalized spacial score (nSPS) is 16.6. The van der Waals surface area contributed by atoms with E-state index in [1.807, 2.05) is 19.1 Å². The lowest BCUT2D eigenvalue weighted by molar-refractivity contribution is -0.905. The van der Waals surface area contributed by atoms with Crippen molar-refractivity contribution >= 4 is 23.2 Å². The van der Waals surface area contributed by atoms with E-state index in [1.165, 1.54) is 38.9 Å². The number of quaternary nitrogens is 1. The van der Waals surface area contributed by atoms with Crippen LogP contribution < -0.4 is 9.64 Å². The topological polar surface area (TPSA) is 13.7 Å². The van der Waals surface area contributed by atoms with Crippen molar-refractivity contribution in [2.75, 3.05) is 26.2 Å². The second-order valence-electron chi connectivity index (χ2n) is 5.32. The standard InChI is InChI=1S/C15H21Cl2NO/c1-12-10-13(16)15(14(17)11-12)19-9-5-8-18-6-3-2-4-7-18/h10-11H,2-9H2,1H3/p+1. The van der Waals surface area contributed by atoms with Gasteiger partial charge in [0.25, 0.3) is 0 Å². The summed E-state index contributed by atoms with van der Waals surface area (Å²) < 4.78 is 5.74. The van der Waals surface area contributed by atoms with E-state index in [4.69, 9.17) is 27.9 Å². The van der Waals surface area contributed by atoms with Gasteiger partial charge in [0.15, 0.2) is 5.75 Å². The molecule has 0 bridgehead atoms. The Morgan fingerprint density at radius 3 is 2.37 bits per heavy atom. The molecule has 1 aromatic rings. The van der Waals surface area contributed by atoms with Gasteiger partial charge in [-0.15, -0.1) is 0 Å². The zero-order chi connectivity index (χ0) is 13.7. The van der Waals surface area contributed by atoms with Gasteiger partial charge >= 0.3 is 0 Å². The second-order valence-corrected chi connectivity index (χ2v) is 6.13. The minimum Gasteiger partial charge on any atom is -0.490 e. The number of likely N-dealkylation sites (tertiary alicyclic amines) is 1. The predicted molar refractivity (Wildman–Crippen MR) is 80.7 cm³/mol. The largest absolute Gasteiger partial charge is 0.490 e. The first-order chi connectivity index (χ1) is 9.16. The summed E-state index contributed by atoms with van der Waals surface area (Å²) in [5.41, 5.74) is 1.06. The molecule has 2 nitrogen and oxygen atoms in total. The molecule has 0 aromatic heterocycles. The molecule has 0 saturated carbocycles. The van der Waals surface area contributed by atoms with Gasteiger partial charge < -0.3 is 9.64 Å². The molecule has 0 atom stereocenters. The molecule has 1 heterocycles. The number of aryl methyl sites for hydroxylation is 1. The Morgan fingerprint density at radius 2 is 1.74 bits per heavy atom. The van der Waals surface area contributed by atoms with Crippen LogP contribution in [0.5, 0.6) is 5.75 Å². The fourth-order valence-corrected chi connectivity index (χ4v) is 3.33. The van der Waals surface area contributed by atoms with Crippen LogP contribution in [0.15, 0.2) is 12.1 Å². The maximum absolute atomic E-state index is 6.15. The van der Waals surface area contributed by atoms with Gasteiger partial charge in [-0.3, -0.25) is 0 Å². The Bertz CT molecular complexity index is 394. The summed E-state index contributed by atoms with van der Waals surface area (Å²) in [5.74, 6) is 0.627. The van der Waals surface area contributed by atoms with E-state index in [-0.39, 0.29) is 0 Å². The first-order valence-corrected chi connectivity index (χ1v) is 7.84. The number of hydrogen-bond acceptors (Lipinski definition) is 1. The van der Waals surface area contributed by atoms with Crippen LogP contribution in [0.25, 0.3) is 0 Å². The molecule has 0 spiro atoms. The molecule has 1 aromatic carbocycles. The molecule has 4 heteroatoms. The summed E-state index contributed by atoms with van der Waals surface area (Å²) in [6.45, 7) is 6.46. The first-order valence-electron chi connectivity index (χ1n) is 7.09. The van der Waals surface area contributed by atoms with Gasteiger partial charge in [0, 0.05) is 6.42 Å². The SMILES string of the molecule is Cc1cc(Cl)c(OCCC[NH+]2CCCCC2)c(Cl)c1. The Balaban J connectivity index is 1.76. The van der Waals surface area contributed by atoms with Crippen LogP contribution >= 0.6 is 23.2 Å². The van der Waals surface area contributed by atoms with Gasteiger partial charge in [-0.1, -0.05) is 23.2 Å². The van der Waals surface area contributed by atoms with E-state index in [1.54, 1.807) is 4.90 Å². The maximum atomic E-state index is 6.15. The molecule has 0 unspecified atom stereocenters. The van der Waals surface area contributed by atoms with Crippen LogP contribution in [0.3, 0.4) is 0 Å². The van der Waals surface area contributed by atoms with E-state index in [0.717, 1.165) is 12.0 Å². The highest BCUT2D eigenvalue weighted by atomic mass is 35.5. The number of rotatable bonds is 5. The minimum absolute atomic E-state index is 0.607. The van der Waals surface area contributed by atoms with Crippen LogP contribution in [0, 0.1) is 6.92 Å². The van der Waals surface area contributed by atoms with Crippen molar-refractivity contribution in [1.29, 1.82) is 0 Å². The van der Waals surface area contributed by atoms with Crippen molar-refractivity contribution in [3.05, 3.63) is 27.7 Å². The van der Waals surface area contributed by atoms with Gasteiger partial charge in [-0.25, -0.2) is 0 Å². The number of piperidine rings is 1. The lowest BCUT2D eigenvalue weighted by Gasteiger charge is -2.23. The molecular weight excluding hydrogens is 281 g/mol. The number of benzene rings is 1. The van der Waals surface area contributed by atoms with Crippen molar-refractivity contribution in [2.45, 2.75) is 32.6 Å². The van der Waals surface area contributed by atoms with E-state index in [0.29, 0.717) is 22.4 Å². The lowest BCUT2D eigenvalue weighted by atomic mass is 10.1. The fourth-order valence-electron chi connectivity index (χ4n) is 2.62. The predicted octanol–water partition coefficient (Wildman–Crippen LogP) is 3.14. The Kier molecular flexibility index (Phi) is 5.80. The number of halogens is 2. The third-order valence-electron chi connectivity index (χ3n) is 3.62. The lowest BCUT2D eigenvalue weighted by Crippen LogP contribution is -3.12. The van der Waals surface area contributed by atoms with Gasteiger partial charge in [-0.2, -0.15) is 0 Å². The summed E-state index contributed by atoms with van der Waals surface area (Å²) >= 11 is 12.3. The fraction of sp³-hybridized carbons (Fsp3) is 0.600. The second kappa shape index (κ2) is 7.37. The molecule has 19 heavy (non-hydrogen) atoms.